The van der Waals surface area contributed by atoms with Crippen LogP contribution in [0.5, 0.6) is 0 Å². The maximum atomic E-state index is 7.28. The fraction of sp³-hybridized carbons (Fsp3) is 0.0208. The molecular formula is C48H34N2. The van der Waals surface area contributed by atoms with Crippen LogP contribution in [0.2, 0.25) is 0 Å². The van der Waals surface area contributed by atoms with Gasteiger partial charge in [0.2, 0.25) is 0 Å². The van der Waals surface area contributed by atoms with Crippen molar-refractivity contribution in [1.29, 1.82) is 0 Å². The van der Waals surface area contributed by atoms with Crippen molar-refractivity contribution in [3.8, 4) is 33.5 Å². The molecule has 0 radical (unpaired) electrons. The highest BCUT2D eigenvalue weighted by molar-refractivity contribution is 6.18. The summed E-state index contributed by atoms with van der Waals surface area (Å²) in [6.07, 6.45) is 5.25. The Balaban J connectivity index is 1.26. The summed E-state index contributed by atoms with van der Waals surface area (Å²) in [5.41, 5.74) is 17.8. The smallest absolute Gasteiger partial charge is 0.0795 e. The first-order valence-corrected chi connectivity index (χ1v) is 17.1. The topological polar surface area (TPSA) is 38.9 Å². The fourth-order valence-electron chi connectivity index (χ4n) is 7.27. The van der Waals surface area contributed by atoms with E-state index in [0.29, 0.717) is 0 Å². The molecule has 0 aliphatic carbocycles. The Morgan fingerprint density at radius 1 is 0.460 bits per heavy atom. The summed E-state index contributed by atoms with van der Waals surface area (Å²) in [4.78, 5) is 5.43. The van der Waals surface area contributed by atoms with Crippen LogP contribution in [0.3, 0.4) is 0 Å². The average Bonchev–Trinajstić information content (AvgIpc) is 3.18. The second-order valence-electron chi connectivity index (χ2n) is 12.9. The van der Waals surface area contributed by atoms with Gasteiger partial charge in [-0.1, -0.05) is 152 Å². The lowest BCUT2D eigenvalue weighted by molar-refractivity contribution is 1.29. The van der Waals surface area contributed by atoms with E-state index in [1.807, 2.05) is 0 Å². The summed E-state index contributed by atoms with van der Waals surface area (Å²) < 4.78 is 0. The Hall–Kier alpha value is -6.51. The molecule has 8 aromatic carbocycles. The molecule has 0 amide bonds. The van der Waals surface area contributed by atoms with Crippen molar-refractivity contribution in [1.82, 2.24) is 4.98 Å². The number of benzene rings is 8. The van der Waals surface area contributed by atoms with Crippen molar-refractivity contribution in [3.05, 3.63) is 187 Å². The average molecular weight is 639 g/mol. The predicted octanol–water partition coefficient (Wildman–Crippen LogP) is 12.5. The molecule has 2 N–H and O–H groups in total. The number of allylic oxidation sites excluding steroid dienone is 1. The van der Waals surface area contributed by atoms with Crippen molar-refractivity contribution in [2.75, 3.05) is 5.73 Å². The first-order valence-electron chi connectivity index (χ1n) is 17.1. The molecule has 0 unspecified atom stereocenters. The second kappa shape index (κ2) is 12.5. The van der Waals surface area contributed by atoms with Gasteiger partial charge in [-0.2, -0.15) is 0 Å². The minimum absolute atomic E-state index is 0.758. The molecule has 9 rings (SSSR count). The first kappa shape index (κ1) is 29.6. The van der Waals surface area contributed by atoms with Gasteiger partial charge in [0.25, 0.3) is 0 Å². The molecule has 0 bridgehead atoms. The van der Waals surface area contributed by atoms with E-state index in [0.717, 1.165) is 72.9 Å². The van der Waals surface area contributed by atoms with Crippen LogP contribution in [0, 0.1) is 0 Å². The highest BCUT2D eigenvalue weighted by Crippen LogP contribution is 2.42. The van der Waals surface area contributed by atoms with Gasteiger partial charge in [0.05, 0.1) is 11.2 Å². The second-order valence-corrected chi connectivity index (χ2v) is 12.9. The summed E-state index contributed by atoms with van der Waals surface area (Å²) in [7, 11) is 0. The molecule has 236 valence electrons. The zero-order valence-electron chi connectivity index (χ0n) is 27.6. The Morgan fingerprint density at radius 2 is 1.06 bits per heavy atom. The van der Waals surface area contributed by atoms with Crippen LogP contribution >= 0.6 is 0 Å². The molecule has 1 heterocycles. The zero-order valence-corrected chi connectivity index (χ0v) is 27.6. The van der Waals surface area contributed by atoms with Gasteiger partial charge in [-0.05, 0) is 86.1 Å². The number of nitrogens with two attached hydrogens (primary N) is 1. The molecule has 0 aliphatic heterocycles. The number of nitrogen functional groups attached to an aromatic ring is 1. The minimum atomic E-state index is 0.758. The molecule has 2 nitrogen and oxygen atoms in total. The maximum absolute atomic E-state index is 7.28. The normalized spacial score (nSPS) is 11.7. The van der Waals surface area contributed by atoms with Crippen LogP contribution in [-0.2, 0) is 6.42 Å². The number of pyridine rings is 1. The van der Waals surface area contributed by atoms with Crippen LogP contribution in [0.1, 0.15) is 11.1 Å². The van der Waals surface area contributed by atoms with Crippen molar-refractivity contribution >= 4 is 55.0 Å². The van der Waals surface area contributed by atoms with E-state index in [2.05, 4.69) is 182 Å². The first-order chi connectivity index (χ1) is 24.7. The van der Waals surface area contributed by atoms with Crippen LogP contribution in [-0.4, -0.2) is 4.98 Å². The van der Waals surface area contributed by atoms with Crippen LogP contribution in [0.15, 0.2) is 176 Å². The van der Waals surface area contributed by atoms with Gasteiger partial charge in [-0.25, -0.2) is 4.98 Å². The number of nitrogens with zero attached hydrogens (tertiary/aromatic N) is 1. The SMILES string of the molecule is Nc1c(/C=C\Cc2ccc3ccccc3c2)c(-c2ccccc2)cc2c1cc(-c1ccccc1)c1ccc(-c3ccc4ccccc4c3)nc12. The van der Waals surface area contributed by atoms with Crippen molar-refractivity contribution in [3.63, 3.8) is 0 Å². The molecule has 0 saturated carbocycles. The van der Waals surface area contributed by atoms with Gasteiger partial charge in [-0.15, -0.1) is 0 Å². The number of aromatic nitrogens is 1. The zero-order chi connectivity index (χ0) is 33.4. The van der Waals surface area contributed by atoms with Gasteiger partial charge in [-0.3, -0.25) is 0 Å². The Bertz CT molecular complexity index is 2730. The van der Waals surface area contributed by atoms with Crippen LogP contribution in [0.4, 0.5) is 5.69 Å². The third-order valence-corrected chi connectivity index (χ3v) is 9.85. The molecule has 2 heteroatoms. The van der Waals surface area contributed by atoms with E-state index in [-0.39, 0.29) is 0 Å². The Kier molecular flexibility index (Phi) is 7.40. The quantitative estimate of drug-likeness (QED) is 0.145. The minimum Gasteiger partial charge on any atom is -0.398 e. The van der Waals surface area contributed by atoms with Gasteiger partial charge >= 0.3 is 0 Å². The van der Waals surface area contributed by atoms with Crippen molar-refractivity contribution in [2.24, 2.45) is 0 Å². The predicted molar refractivity (Wildman–Crippen MR) is 214 cm³/mol. The van der Waals surface area contributed by atoms with Gasteiger partial charge in [0.15, 0.2) is 0 Å². The van der Waals surface area contributed by atoms with Crippen LogP contribution in [0.25, 0.3) is 82.8 Å². The monoisotopic (exact) mass is 638 g/mol. The Morgan fingerprint density at radius 3 is 1.78 bits per heavy atom. The standard InChI is InChI=1S/C48H34N2/c49-47-40(21-11-12-32-22-23-33-13-7-9-19-37(33)28-32)42(35-15-3-1-4-16-35)31-45-44(47)30-43(36-17-5-2-6-18-36)41-26-27-46(50-48(41)45)39-25-24-34-14-8-10-20-38(34)29-39/h1-11,13-31H,12,49H2/b21-11-. The molecule has 0 atom stereocenters. The molecule has 0 spiro atoms. The third kappa shape index (κ3) is 5.38. The van der Waals surface area contributed by atoms with E-state index >= 15 is 0 Å². The van der Waals surface area contributed by atoms with E-state index in [1.165, 1.54) is 27.1 Å². The summed E-state index contributed by atoms with van der Waals surface area (Å²) in [5.74, 6) is 0. The van der Waals surface area contributed by atoms with Gasteiger partial charge in [0.1, 0.15) is 0 Å². The number of hydrogen-bond acceptors (Lipinski definition) is 2. The number of hydrogen-bond donors (Lipinski definition) is 1. The van der Waals surface area contributed by atoms with Crippen molar-refractivity contribution < 1.29 is 0 Å². The lowest BCUT2D eigenvalue weighted by Crippen LogP contribution is -1.98. The highest BCUT2D eigenvalue weighted by Gasteiger charge is 2.18. The number of fused-ring (bicyclic) bond motifs is 5. The molecule has 0 fully saturated rings. The van der Waals surface area contributed by atoms with E-state index in [9.17, 15) is 0 Å². The van der Waals surface area contributed by atoms with E-state index in [4.69, 9.17) is 10.7 Å². The third-order valence-electron chi connectivity index (χ3n) is 9.85. The molecule has 0 saturated heterocycles. The highest BCUT2D eigenvalue weighted by atomic mass is 14.7. The number of anilines is 1. The summed E-state index contributed by atoms with van der Waals surface area (Å²) in [5, 5.41) is 8.08. The van der Waals surface area contributed by atoms with E-state index in [1.54, 1.807) is 0 Å². The molecule has 9 aromatic rings. The maximum Gasteiger partial charge on any atom is 0.0795 e. The molecular weight excluding hydrogens is 605 g/mol. The van der Waals surface area contributed by atoms with Gasteiger partial charge in [0, 0.05) is 33.0 Å². The van der Waals surface area contributed by atoms with Gasteiger partial charge < -0.3 is 5.73 Å². The molecule has 1 aromatic heterocycles. The summed E-state index contributed by atoms with van der Waals surface area (Å²) >= 11 is 0. The Labute approximate surface area is 291 Å². The van der Waals surface area contributed by atoms with Crippen LogP contribution < -0.4 is 5.73 Å². The fourth-order valence-corrected chi connectivity index (χ4v) is 7.27. The molecule has 50 heavy (non-hydrogen) atoms. The summed E-state index contributed by atoms with van der Waals surface area (Å²) in [6.45, 7) is 0. The lowest BCUT2D eigenvalue weighted by atomic mass is 9.89. The van der Waals surface area contributed by atoms with Crippen molar-refractivity contribution in [2.45, 2.75) is 6.42 Å². The number of rotatable bonds is 6. The largest absolute Gasteiger partial charge is 0.398 e. The van der Waals surface area contributed by atoms with E-state index < -0.39 is 0 Å². The molecule has 0 aliphatic rings. The summed E-state index contributed by atoms with van der Waals surface area (Å²) in [6, 6.07) is 60.3. The lowest BCUT2D eigenvalue weighted by Gasteiger charge is -2.18.